The van der Waals surface area contributed by atoms with Crippen molar-refractivity contribution in [3.63, 3.8) is 0 Å². The molecule has 1 aromatic rings. The van der Waals surface area contributed by atoms with Gasteiger partial charge in [-0.05, 0) is 30.5 Å². The predicted octanol–water partition coefficient (Wildman–Crippen LogP) is 3.71. The van der Waals surface area contributed by atoms with Crippen LogP contribution in [-0.2, 0) is 0 Å². The highest BCUT2D eigenvalue weighted by Gasteiger charge is 1.98. The maximum atomic E-state index is 3.73. The molecule has 0 amide bonds. The molecule has 58 valence electrons. The Balaban J connectivity index is 3.31. The maximum Gasteiger partial charge on any atom is 0.0234 e. The average Bonchev–Trinajstić information content (AvgIpc) is 1.99. The van der Waals surface area contributed by atoms with Gasteiger partial charge in [-0.3, -0.25) is 0 Å². The summed E-state index contributed by atoms with van der Waals surface area (Å²) in [6.45, 7) is 7.90. The quantitative estimate of drug-likeness (QED) is 0.664. The van der Waals surface area contributed by atoms with E-state index in [1.54, 1.807) is 0 Å². The lowest BCUT2D eigenvalue weighted by Gasteiger charge is -2.03. The van der Waals surface area contributed by atoms with Gasteiger partial charge in [0.05, 0.1) is 0 Å². The minimum Gasteiger partial charge on any atom is -0.0985 e. The zero-order chi connectivity index (χ0) is 8.43. The second-order valence-corrected chi connectivity index (χ2v) is 3.47. The van der Waals surface area contributed by atoms with E-state index in [1.807, 2.05) is 6.08 Å². The Morgan fingerprint density at radius 3 is 2.09 bits per heavy atom. The van der Waals surface area contributed by atoms with Crippen molar-refractivity contribution in [3.8, 4) is 0 Å². The Labute approximate surface area is 76.1 Å². The second-order valence-electron chi connectivity index (χ2n) is 2.67. The first kappa shape index (κ1) is 8.54. The first-order valence-electron chi connectivity index (χ1n) is 3.54. The summed E-state index contributed by atoms with van der Waals surface area (Å²) in [6.07, 6.45) is 1.87. The van der Waals surface area contributed by atoms with Gasteiger partial charge in [-0.15, -0.1) is 0 Å². The lowest BCUT2D eigenvalue weighted by Crippen LogP contribution is -1.83. The normalized spacial score (nSPS) is 9.73. The molecule has 0 N–H and O–H groups in total. The van der Waals surface area contributed by atoms with Crippen LogP contribution in [0.25, 0.3) is 6.08 Å². The number of aryl methyl sites for hydroxylation is 2. The highest BCUT2D eigenvalue weighted by molar-refractivity contribution is 9.10. The molecular formula is C10H11Br. The van der Waals surface area contributed by atoms with E-state index >= 15 is 0 Å². The number of hydrogen-bond donors (Lipinski definition) is 0. The van der Waals surface area contributed by atoms with Gasteiger partial charge in [0.25, 0.3) is 0 Å². The smallest absolute Gasteiger partial charge is 0.0234 e. The number of hydrogen-bond acceptors (Lipinski definition) is 0. The molecule has 1 aromatic carbocycles. The molecule has 0 saturated carbocycles. The van der Waals surface area contributed by atoms with Gasteiger partial charge < -0.3 is 0 Å². The number of halogens is 1. The molecule has 0 nitrogen and oxygen atoms in total. The van der Waals surface area contributed by atoms with E-state index in [2.05, 4.69) is 48.5 Å². The Morgan fingerprint density at radius 1 is 1.27 bits per heavy atom. The van der Waals surface area contributed by atoms with Crippen LogP contribution < -0.4 is 0 Å². The van der Waals surface area contributed by atoms with Crippen molar-refractivity contribution < 1.29 is 0 Å². The summed E-state index contributed by atoms with van der Waals surface area (Å²) in [5, 5.41) is 0. The lowest BCUT2D eigenvalue weighted by atomic mass is 10.1. The molecule has 0 fully saturated rings. The molecule has 11 heavy (non-hydrogen) atoms. The topological polar surface area (TPSA) is 0 Å². The average molecular weight is 211 g/mol. The van der Waals surface area contributed by atoms with Crippen molar-refractivity contribution in [1.29, 1.82) is 0 Å². The first-order valence-corrected chi connectivity index (χ1v) is 4.33. The van der Waals surface area contributed by atoms with Crippen LogP contribution in [0.2, 0.25) is 0 Å². The fourth-order valence-corrected chi connectivity index (χ4v) is 1.33. The van der Waals surface area contributed by atoms with Gasteiger partial charge in [-0.2, -0.15) is 0 Å². The third-order valence-corrected chi connectivity index (χ3v) is 2.95. The summed E-state index contributed by atoms with van der Waals surface area (Å²) in [5.41, 5.74) is 3.71. The predicted molar refractivity (Wildman–Crippen MR) is 53.7 cm³/mol. The van der Waals surface area contributed by atoms with Crippen molar-refractivity contribution in [2.24, 2.45) is 0 Å². The molecule has 0 aliphatic heterocycles. The van der Waals surface area contributed by atoms with Crippen LogP contribution in [-0.4, -0.2) is 0 Å². The van der Waals surface area contributed by atoms with E-state index in [0.29, 0.717) is 0 Å². The van der Waals surface area contributed by atoms with Crippen LogP contribution in [0.1, 0.15) is 16.7 Å². The van der Waals surface area contributed by atoms with Crippen molar-refractivity contribution in [2.45, 2.75) is 13.8 Å². The molecule has 0 saturated heterocycles. The number of rotatable bonds is 1. The van der Waals surface area contributed by atoms with Crippen molar-refractivity contribution in [1.82, 2.24) is 0 Å². The van der Waals surface area contributed by atoms with Gasteiger partial charge in [-0.1, -0.05) is 40.7 Å². The van der Waals surface area contributed by atoms with Crippen LogP contribution in [0.3, 0.4) is 0 Å². The Hall–Kier alpha value is -0.560. The van der Waals surface area contributed by atoms with Gasteiger partial charge >= 0.3 is 0 Å². The summed E-state index contributed by atoms with van der Waals surface area (Å²) < 4.78 is 1.20. The van der Waals surface area contributed by atoms with Crippen LogP contribution in [0.4, 0.5) is 0 Å². The first-order chi connectivity index (χ1) is 5.15. The molecule has 0 spiro atoms. The Kier molecular flexibility index (Phi) is 2.50. The minimum absolute atomic E-state index is 1.18. The monoisotopic (exact) mass is 210 g/mol. The van der Waals surface area contributed by atoms with Crippen molar-refractivity contribution in [2.75, 3.05) is 0 Å². The van der Waals surface area contributed by atoms with Crippen LogP contribution in [0.5, 0.6) is 0 Å². The molecule has 0 aliphatic carbocycles. The summed E-state index contributed by atoms with van der Waals surface area (Å²) >= 11 is 3.51. The molecule has 1 heteroatoms. The fourth-order valence-electron chi connectivity index (χ4n) is 1.10. The highest BCUT2D eigenvalue weighted by Crippen LogP contribution is 2.22. The van der Waals surface area contributed by atoms with Gasteiger partial charge in [0.1, 0.15) is 0 Å². The molecule has 0 bridgehead atoms. The molecular weight excluding hydrogens is 200 g/mol. The van der Waals surface area contributed by atoms with E-state index in [0.717, 1.165) is 0 Å². The van der Waals surface area contributed by atoms with Gasteiger partial charge in [0.2, 0.25) is 0 Å². The summed E-state index contributed by atoms with van der Waals surface area (Å²) in [7, 11) is 0. The minimum atomic E-state index is 1.18. The molecule has 0 aromatic heterocycles. The van der Waals surface area contributed by atoms with Gasteiger partial charge in [0.15, 0.2) is 0 Å². The second kappa shape index (κ2) is 3.22. The summed E-state index contributed by atoms with van der Waals surface area (Å²) in [4.78, 5) is 0. The maximum absolute atomic E-state index is 3.73. The zero-order valence-electron chi connectivity index (χ0n) is 6.82. The van der Waals surface area contributed by atoms with Crippen LogP contribution in [0.15, 0.2) is 23.2 Å². The molecule has 0 atom stereocenters. The van der Waals surface area contributed by atoms with E-state index in [4.69, 9.17) is 0 Å². The molecule has 0 radical (unpaired) electrons. The SMILES string of the molecule is C=Cc1cc(C)c(Br)c(C)c1. The largest absolute Gasteiger partial charge is 0.0985 e. The third-order valence-electron chi connectivity index (χ3n) is 1.69. The molecule has 0 aliphatic rings. The van der Waals surface area contributed by atoms with E-state index in [1.165, 1.54) is 21.2 Å². The lowest BCUT2D eigenvalue weighted by molar-refractivity contribution is 1.33. The van der Waals surface area contributed by atoms with Gasteiger partial charge in [-0.25, -0.2) is 0 Å². The van der Waals surface area contributed by atoms with E-state index in [9.17, 15) is 0 Å². The van der Waals surface area contributed by atoms with Crippen molar-refractivity contribution in [3.05, 3.63) is 39.9 Å². The molecule has 1 rings (SSSR count). The summed E-state index contributed by atoms with van der Waals surface area (Å²) in [5.74, 6) is 0. The fraction of sp³-hybridized carbons (Fsp3) is 0.200. The summed E-state index contributed by atoms with van der Waals surface area (Å²) in [6, 6.07) is 4.23. The van der Waals surface area contributed by atoms with Crippen LogP contribution >= 0.6 is 15.9 Å². The Morgan fingerprint density at radius 2 is 1.73 bits per heavy atom. The van der Waals surface area contributed by atoms with E-state index in [-0.39, 0.29) is 0 Å². The number of benzene rings is 1. The standard InChI is InChI=1S/C10H11Br/c1-4-9-5-7(2)10(11)8(3)6-9/h4-6H,1H2,2-3H3. The molecule has 0 unspecified atom stereocenters. The van der Waals surface area contributed by atoms with Gasteiger partial charge in [0, 0.05) is 4.47 Å². The highest BCUT2D eigenvalue weighted by atomic mass is 79.9. The van der Waals surface area contributed by atoms with Crippen LogP contribution in [0, 0.1) is 13.8 Å². The Bertz CT molecular complexity index is 264. The van der Waals surface area contributed by atoms with E-state index < -0.39 is 0 Å². The third kappa shape index (κ3) is 1.72. The zero-order valence-corrected chi connectivity index (χ0v) is 8.40. The molecule has 0 heterocycles. The van der Waals surface area contributed by atoms with Crippen molar-refractivity contribution >= 4 is 22.0 Å².